The van der Waals surface area contributed by atoms with Gasteiger partial charge in [0, 0.05) is 6.42 Å². The fourth-order valence-electron chi connectivity index (χ4n) is 8.81. The number of ether oxygens (including phenoxy) is 1. The number of allylic oxidation sites excluding steroid dienone is 6. The maximum atomic E-state index is 13.2. The van der Waals surface area contributed by atoms with Gasteiger partial charge in [0.1, 0.15) is 6.10 Å². The number of amides is 1. The standard InChI is InChI=1S/C59H111NO5/c1-4-7-10-13-16-19-22-24-26-28-29-30-32-34-37-40-43-46-49-52-59(64)65-55(50-47-44-41-38-36-33-31-27-25-23-20-17-14-11-8-5-2)53-58(63)60-56(54-61)57(62)51-48-45-42-39-35-21-18-15-12-9-6-3/h16,19,24,26,33,36,55-57,61-62H,4-15,17-18,20-23,25,27-32,34-35,37-54H2,1-3H3,(H,60,63)/b19-16-,26-24-,36-33+. The highest BCUT2D eigenvalue weighted by molar-refractivity contribution is 5.77. The Balaban J connectivity index is 4.55. The van der Waals surface area contributed by atoms with E-state index in [-0.39, 0.29) is 24.9 Å². The van der Waals surface area contributed by atoms with E-state index in [1.54, 1.807) is 0 Å². The van der Waals surface area contributed by atoms with Gasteiger partial charge in [-0.25, -0.2) is 0 Å². The molecule has 0 saturated heterocycles. The maximum Gasteiger partial charge on any atom is 0.306 e. The van der Waals surface area contributed by atoms with Crippen molar-refractivity contribution in [1.29, 1.82) is 0 Å². The molecule has 0 heterocycles. The quantitative estimate of drug-likeness (QED) is 0.0321. The maximum absolute atomic E-state index is 13.2. The molecule has 1 amide bonds. The molecule has 0 aromatic rings. The molecule has 3 atom stereocenters. The van der Waals surface area contributed by atoms with Crippen LogP contribution < -0.4 is 5.32 Å². The van der Waals surface area contributed by atoms with E-state index >= 15 is 0 Å². The molecular formula is C59H111NO5. The van der Waals surface area contributed by atoms with E-state index in [0.29, 0.717) is 19.3 Å². The van der Waals surface area contributed by atoms with Crippen LogP contribution in [0.5, 0.6) is 0 Å². The number of carbonyl (C=O) groups is 2. The van der Waals surface area contributed by atoms with Crippen LogP contribution in [-0.4, -0.2) is 46.9 Å². The van der Waals surface area contributed by atoms with Gasteiger partial charge < -0.3 is 20.3 Å². The van der Waals surface area contributed by atoms with Gasteiger partial charge in [0.05, 0.1) is 25.2 Å². The summed E-state index contributed by atoms with van der Waals surface area (Å²) in [4.78, 5) is 26.3. The van der Waals surface area contributed by atoms with Crippen molar-refractivity contribution in [2.45, 2.75) is 322 Å². The van der Waals surface area contributed by atoms with E-state index < -0.39 is 18.2 Å². The third-order valence-electron chi connectivity index (χ3n) is 13.2. The Morgan fingerprint density at radius 3 is 1.23 bits per heavy atom. The molecule has 0 bridgehead atoms. The molecule has 0 spiro atoms. The van der Waals surface area contributed by atoms with Crippen LogP contribution in [0.1, 0.15) is 303 Å². The highest BCUT2D eigenvalue weighted by Crippen LogP contribution is 2.18. The molecule has 0 aliphatic heterocycles. The van der Waals surface area contributed by atoms with Gasteiger partial charge in [-0.3, -0.25) is 9.59 Å². The van der Waals surface area contributed by atoms with Crippen LogP contribution in [0.25, 0.3) is 0 Å². The zero-order valence-corrected chi connectivity index (χ0v) is 43.6. The number of carbonyl (C=O) groups excluding carboxylic acids is 2. The molecule has 6 nitrogen and oxygen atoms in total. The highest BCUT2D eigenvalue weighted by atomic mass is 16.5. The van der Waals surface area contributed by atoms with Crippen LogP contribution in [0.3, 0.4) is 0 Å². The second-order valence-corrected chi connectivity index (χ2v) is 19.7. The van der Waals surface area contributed by atoms with Gasteiger partial charge in [-0.1, -0.05) is 243 Å². The molecule has 0 aromatic heterocycles. The molecular weight excluding hydrogens is 803 g/mol. The minimum absolute atomic E-state index is 0.0683. The summed E-state index contributed by atoms with van der Waals surface area (Å²) in [5.74, 6) is -0.480. The third kappa shape index (κ3) is 48.3. The van der Waals surface area contributed by atoms with Crippen LogP contribution >= 0.6 is 0 Å². The van der Waals surface area contributed by atoms with Crippen molar-refractivity contribution in [3.63, 3.8) is 0 Å². The first kappa shape index (κ1) is 63.1. The summed E-state index contributed by atoms with van der Waals surface area (Å²) in [6, 6.07) is -0.705. The summed E-state index contributed by atoms with van der Waals surface area (Å²) < 4.78 is 5.96. The van der Waals surface area contributed by atoms with E-state index in [9.17, 15) is 19.8 Å². The zero-order valence-electron chi connectivity index (χ0n) is 43.6. The summed E-state index contributed by atoms with van der Waals surface area (Å²) in [5.41, 5.74) is 0. The Hall–Kier alpha value is -1.92. The second-order valence-electron chi connectivity index (χ2n) is 19.7. The Bertz CT molecular complexity index is 1070. The summed E-state index contributed by atoms with van der Waals surface area (Å²) in [6.45, 7) is 6.48. The predicted octanol–water partition coefficient (Wildman–Crippen LogP) is 17.6. The number of hydrogen-bond acceptors (Lipinski definition) is 5. The lowest BCUT2D eigenvalue weighted by Gasteiger charge is -2.24. The summed E-state index contributed by atoms with van der Waals surface area (Å²) >= 11 is 0. The number of aliphatic hydroxyl groups excluding tert-OH is 2. The number of hydrogen-bond donors (Lipinski definition) is 3. The molecule has 0 aliphatic carbocycles. The summed E-state index contributed by atoms with van der Waals surface area (Å²) in [7, 11) is 0. The molecule has 6 heteroatoms. The van der Waals surface area contributed by atoms with E-state index in [4.69, 9.17) is 4.74 Å². The van der Waals surface area contributed by atoms with E-state index in [1.165, 1.54) is 186 Å². The topological polar surface area (TPSA) is 95.9 Å². The van der Waals surface area contributed by atoms with Gasteiger partial charge in [-0.2, -0.15) is 0 Å². The number of esters is 1. The Morgan fingerprint density at radius 1 is 0.446 bits per heavy atom. The van der Waals surface area contributed by atoms with Crippen molar-refractivity contribution in [2.75, 3.05) is 6.61 Å². The van der Waals surface area contributed by atoms with Gasteiger partial charge in [0.25, 0.3) is 0 Å². The number of unbranched alkanes of at least 4 members (excludes halogenated alkanes) is 34. The molecule has 0 radical (unpaired) electrons. The van der Waals surface area contributed by atoms with Crippen molar-refractivity contribution in [3.05, 3.63) is 36.5 Å². The monoisotopic (exact) mass is 914 g/mol. The van der Waals surface area contributed by atoms with Gasteiger partial charge in [-0.15, -0.1) is 0 Å². The van der Waals surface area contributed by atoms with Gasteiger partial charge in [0.2, 0.25) is 5.91 Å². The molecule has 3 unspecified atom stereocenters. The van der Waals surface area contributed by atoms with Crippen molar-refractivity contribution in [2.24, 2.45) is 0 Å². The fourth-order valence-corrected chi connectivity index (χ4v) is 8.81. The minimum atomic E-state index is -0.790. The van der Waals surface area contributed by atoms with Gasteiger partial charge >= 0.3 is 5.97 Å². The van der Waals surface area contributed by atoms with Gasteiger partial charge in [0.15, 0.2) is 0 Å². The first-order chi connectivity index (χ1) is 32.0. The zero-order chi connectivity index (χ0) is 47.4. The average Bonchev–Trinajstić information content (AvgIpc) is 3.30. The fraction of sp³-hybridized carbons (Fsp3) is 0.864. The molecule has 0 fully saturated rings. The van der Waals surface area contributed by atoms with E-state index in [2.05, 4.69) is 62.5 Å². The second kappa shape index (κ2) is 53.0. The average molecular weight is 915 g/mol. The molecule has 0 aromatic carbocycles. The molecule has 65 heavy (non-hydrogen) atoms. The normalized spacial score (nSPS) is 13.4. The summed E-state index contributed by atoms with van der Waals surface area (Å²) in [5, 5.41) is 23.8. The molecule has 0 rings (SSSR count). The van der Waals surface area contributed by atoms with Crippen molar-refractivity contribution >= 4 is 11.9 Å². The first-order valence-electron chi connectivity index (χ1n) is 28.7. The van der Waals surface area contributed by atoms with Crippen LogP contribution in [0, 0.1) is 0 Å². The third-order valence-corrected chi connectivity index (χ3v) is 13.2. The largest absolute Gasteiger partial charge is 0.462 e. The number of rotatable bonds is 52. The van der Waals surface area contributed by atoms with Crippen molar-refractivity contribution in [1.82, 2.24) is 5.32 Å². The number of aliphatic hydroxyl groups is 2. The van der Waals surface area contributed by atoms with Crippen LogP contribution in [0.4, 0.5) is 0 Å². The lowest BCUT2D eigenvalue weighted by atomic mass is 10.0. The van der Waals surface area contributed by atoms with Crippen molar-refractivity contribution < 1.29 is 24.5 Å². The van der Waals surface area contributed by atoms with Gasteiger partial charge in [-0.05, 0) is 83.5 Å². The SMILES string of the molecule is CCCCC/C=C\C/C=C\CCCCCCCCCCCC(=O)OC(CCCCC/C=C/CCCCCCCCCCC)CC(=O)NC(CO)C(O)CCCCCCCCCCCCC. The predicted molar refractivity (Wildman–Crippen MR) is 282 cm³/mol. The molecule has 3 N–H and O–H groups in total. The summed E-state index contributed by atoms with van der Waals surface area (Å²) in [6.07, 6.45) is 63.5. The Morgan fingerprint density at radius 2 is 0.785 bits per heavy atom. The first-order valence-corrected chi connectivity index (χ1v) is 28.7. The number of nitrogens with one attached hydrogen (secondary N) is 1. The lowest BCUT2D eigenvalue weighted by Crippen LogP contribution is -2.46. The van der Waals surface area contributed by atoms with Crippen LogP contribution in [0.2, 0.25) is 0 Å². The smallest absolute Gasteiger partial charge is 0.306 e. The molecule has 0 aliphatic rings. The minimum Gasteiger partial charge on any atom is -0.462 e. The Labute approximate surface area is 404 Å². The lowest BCUT2D eigenvalue weighted by molar-refractivity contribution is -0.151. The molecule has 0 saturated carbocycles. The highest BCUT2D eigenvalue weighted by Gasteiger charge is 2.24. The van der Waals surface area contributed by atoms with E-state index in [0.717, 1.165) is 70.6 Å². The molecule has 382 valence electrons. The van der Waals surface area contributed by atoms with Crippen LogP contribution in [0.15, 0.2) is 36.5 Å². The van der Waals surface area contributed by atoms with Crippen LogP contribution in [-0.2, 0) is 14.3 Å². The van der Waals surface area contributed by atoms with E-state index in [1.807, 2.05) is 0 Å². The van der Waals surface area contributed by atoms with Crippen molar-refractivity contribution in [3.8, 4) is 0 Å². The Kier molecular flexibility index (Phi) is 51.5.